The number of carbonyl (C=O) groups excluding carboxylic acids is 3. The number of rotatable bonds is 11. The minimum atomic E-state index is -1.17. The van der Waals surface area contributed by atoms with E-state index in [1.165, 1.54) is 7.11 Å². The number of piperidine rings is 1. The third-order valence-electron chi connectivity index (χ3n) is 7.19. The first-order chi connectivity index (χ1) is 16.4. The van der Waals surface area contributed by atoms with Gasteiger partial charge >= 0.3 is 11.9 Å². The number of nitrogens with one attached hydrogen (secondary N) is 1. The van der Waals surface area contributed by atoms with E-state index in [9.17, 15) is 14.4 Å². The van der Waals surface area contributed by atoms with Gasteiger partial charge in [-0.3, -0.25) is 14.5 Å². The second-order valence-corrected chi connectivity index (χ2v) is 10.9. The SMILES string of the molecule is CCCCC(CC)C(=O)OCCN1C(C)(C)CC(NC(=O)c2ccccc2)(C(=O)OC)CC1(C)C. The Kier molecular flexibility index (Phi) is 9.90. The lowest BCUT2D eigenvalue weighted by Crippen LogP contribution is -2.72. The van der Waals surface area contributed by atoms with Crippen LogP contribution in [-0.2, 0) is 19.1 Å². The molecule has 0 bridgehead atoms. The van der Waals surface area contributed by atoms with Gasteiger partial charge in [0.2, 0.25) is 0 Å². The Balaban J connectivity index is 2.18. The zero-order valence-corrected chi connectivity index (χ0v) is 22.6. The predicted octanol–water partition coefficient (Wildman–Crippen LogP) is 4.74. The Labute approximate surface area is 210 Å². The van der Waals surface area contributed by atoms with E-state index in [2.05, 4.69) is 44.8 Å². The van der Waals surface area contributed by atoms with Crippen molar-refractivity contribution in [2.75, 3.05) is 20.3 Å². The Hall–Kier alpha value is -2.41. The lowest BCUT2D eigenvalue weighted by molar-refractivity contribution is -0.161. The summed E-state index contributed by atoms with van der Waals surface area (Å²) in [6.07, 6.45) is 4.46. The van der Waals surface area contributed by atoms with E-state index < -0.39 is 22.6 Å². The molecule has 1 aromatic carbocycles. The Morgan fingerprint density at radius 1 is 1.03 bits per heavy atom. The molecular weight excluding hydrogens is 444 g/mol. The first kappa shape index (κ1) is 28.8. The van der Waals surface area contributed by atoms with Gasteiger partial charge in [0, 0.05) is 23.2 Å². The van der Waals surface area contributed by atoms with Gasteiger partial charge in [0.15, 0.2) is 0 Å². The van der Waals surface area contributed by atoms with Crippen LogP contribution >= 0.6 is 0 Å². The molecule has 1 amide bonds. The van der Waals surface area contributed by atoms with Gasteiger partial charge in [0.25, 0.3) is 5.91 Å². The van der Waals surface area contributed by atoms with Gasteiger partial charge in [-0.2, -0.15) is 0 Å². The van der Waals surface area contributed by atoms with Crippen LogP contribution in [0.25, 0.3) is 0 Å². The number of esters is 2. The number of unbranched alkanes of at least 4 members (excludes halogenated alkanes) is 1. The lowest BCUT2D eigenvalue weighted by atomic mass is 9.68. The third kappa shape index (κ3) is 7.06. The summed E-state index contributed by atoms with van der Waals surface area (Å²) in [7, 11) is 1.35. The fourth-order valence-corrected chi connectivity index (χ4v) is 5.81. The van der Waals surface area contributed by atoms with Gasteiger partial charge in [0.05, 0.1) is 13.0 Å². The zero-order chi connectivity index (χ0) is 26.3. The van der Waals surface area contributed by atoms with Gasteiger partial charge in [0.1, 0.15) is 12.1 Å². The topological polar surface area (TPSA) is 84.9 Å². The van der Waals surface area contributed by atoms with Crippen molar-refractivity contribution < 1.29 is 23.9 Å². The Morgan fingerprint density at radius 2 is 1.63 bits per heavy atom. The number of nitrogens with zero attached hydrogens (tertiary/aromatic N) is 1. The molecule has 1 aliphatic rings. The first-order valence-corrected chi connectivity index (χ1v) is 12.8. The predicted molar refractivity (Wildman–Crippen MR) is 137 cm³/mol. The normalized spacial score (nSPS) is 19.4. The number of benzene rings is 1. The molecule has 1 heterocycles. The molecule has 1 unspecified atom stereocenters. The average molecular weight is 489 g/mol. The van der Waals surface area contributed by atoms with Crippen LogP contribution in [0.2, 0.25) is 0 Å². The first-order valence-electron chi connectivity index (χ1n) is 12.8. The number of amides is 1. The van der Waals surface area contributed by atoms with Gasteiger partial charge < -0.3 is 14.8 Å². The van der Waals surface area contributed by atoms with Crippen LogP contribution in [-0.4, -0.2) is 59.6 Å². The molecule has 7 heteroatoms. The molecule has 0 saturated carbocycles. The highest BCUT2D eigenvalue weighted by atomic mass is 16.5. The van der Waals surface area contributed by atoms with Crippen LogP contribution in [0.5, 0.6) is 0 Å². The second kappa shape index (κ2) is 12.0. The molecule has 1 saturated heterocycles. The number of ether oxygens (including phenoxy) is 2. The summed E-state index contributed by atoms with van der Waals surface area (Å²) in [5.74, 6) is -0.941. The average Bonchev–Trinajstić information content (AvgIpc) is 2.80. The Morgan fingerprint density at radius 3 is 2.14 bits per heavy atom. The monoisotopic (exact) mass is 488 g/mol. The molecule has 0 radical (unpaired) electrons. The van der Waals surface area contributed by atoms with Crippen LogP contribution in [0, 0.1) is 5.92 Å². The van der Waals surface area contributed by atoms with Gasteiger partial charge in [-0.25, -0.2) is 4.79 Å². The van der Waals surface area contributed by atoms with Crippen molar-refractivity contribution in [3.63, 3.8) is 0 Å². The molecule has 1 fully saturated rings. The van der Waals surface area contributed by atoms with Gasteiger partial charge in [-0.1, -0.05) is 44.9 Å². The minimum Gasteiger partial charge on any atom is -0.467 e. The maximum atomic E-state index is 13.1. The quantitative estimate of drug-likeness (QED) is 0.453. The van der Waals surface area contributed by atoms with Crippen LogP contribution < -0.4 is 5.32 Å². The second-order valence-electron chi connectivity index (χ2n) is 10.9. The van der Waals surface area contributed by atoms with Gasteiger partial charge in [-0.05, 0) is 65.5 Å². The molecule has 1 aliphatic heterocycles. The molecule has 0 spiro atoms. The van der Waals surface area contributed by atoms with E-state index in [0.29, 0.717) is 24.9 Å². The standard InChI is InChI=1S/C28H44N2O5/c1-8-10-14-21(9-2)24(32)35-18-17-30-26(3,4)19-28(25(33)34-7,20-27(30,5)6)29-23(31)22-15-12-11-13-16-22/h11-13,15-16,21H,8-10,14,17-20H2,1-7H3,(H,29,31). The maximum Gasteiger partial charge on any atom is 0.331 e. The molecule has 1 aromatic rings. The highest BCUT2D eigenvalue weighted by Gasteiger charge is 2.57. The summed E-state index contributed by atoms with van der Waals surface area (Å²) in [4.78, 5) is 41.0. The molecule has 0 aliphatic carbocycles. The summed E-state index contributed by atoms with van der Waals surface area (Å²) in [6, 6.07) is 8.89. The van der Waals surface area contributed by atoms with E-state index in [4.69, 9.17) is 9.47 Å². The molecule has 1 N–H and O–H groups in total. The summed E-state index contributed by atoms with van der Waals surface area (Å²) in [6.45, 7) is 13.2. The van der Waals surface area contributed by atoms with Crippen molar-refractivity contribution in [2.24, 2.45) is 5.92 Å². The van der Waals surface area contributed by atoms with E-state index in [1.807, 2.05) is 13.0 Å². The smallest absolute Gasteiger partial charge is 0.331 e. The molecule has 2 rings (SSSR count). The maximum absolute atomic E-state index is 13.1. The summed E-state index contributed by atoms with van der Waals surface area (Å²) in [5.41, 5.74) is -1.62. The molecule has 7 nitrogen and oxygen atoms in total. The van der Waals surface area contributed by atoms with Crippen LogP contribution in [0.1, 0.15) is 90.4 Å². The van der Waals surface area contributed by atoms with Crippen molar-refractivity contribution >= 4 is 17.8 Å². The zero-order valence-electron chi connectivity index (χ0n) is 22.6. The Bertz CT molecular complexity index is 847. The number of methoxy groups -OCH3 is 1. The van der Waals surface area contributed by atoms with Crippen molar-refractivity contribution in [1.82, 2.24) is 10.2 Å². The highest BCUT2D eigenvalue weighted by Crippen LogP contribution is 2.44. The third-order valence-corrected chi connectivity index (χ3v) is 7.19. The number of hydrogen-bond acceptors (Lipinski definition) is 6. The van der Waals surface area contributed by atoms with Crippen molar-refractivity contribution in [3.05, 3.63) is 35.9 Å². The number of hydrogen-bond donors (Lipinski definition) is 1. The fraction of sp³-hybridized carbons (Fsp3) is 0.679. The number of carbonyl (C=O) groups is 3. The summed E-state index contributed by atoms with van der Waals surface area (Å²) >= 11 is 0. The van der Waals surface area contributed by atoms with E-state index in [-0.39, 0.29) is 24.4 Å². The van der Waals surface area contributed by atoms with E-state index >= 15 is 0 Å². The molecule has 1 atom stereocenters. The fourth-order valence-electron chi connectivity index (χ4n) is 5.81. The van der Waals surface area contributed by atoms with E-state index in [1.54, 1.807) is 24.3 Å². The van der Waals surface area contributed by atoms with Crippen molar-refractivity contribution in [2.45, 2.75) is 96.7 Å². The summed E-state index contributed by atoms with van der Waals surface area (Å²) < 4.78 is 10.9. The van der Waals surface area contributed by atoms with E-state index in [0.717, 1.165) is 25.7 Å². The minimum absolute atomic E-state index is 0.0579. The largest absolute Gasteiger partial charge is 0.467 e. The molecule has 196 valence electrons. The van der Waals surface area contributed by atoms with Crippen molar-refractivity contribution in [3.8, 4) is 0 Å². The van der Waals surface area contributed by atoms with Crippen LogP contribution in [0.4, 0.5) is 0 Å². The number of likely N-dealkylation sites (tertiary alicyclic amines) is 1. The van der Waals surface area contributed by atoms with Gasteiger partial charge in [-0.15, -0.1) is 0 Å². The summed E-state index contributed by atoms with van der Waals surface area (Å²) in [5, 5.41) is 3.02. The lowest BCUT2D eigenvalue weighted by Gasteiger charge is -2.58. The van der Waals surface area contributed by atoms with Crippen LogP contribution in [0.3, 0.4) is 0 Å². The molecule has 35 heavy (non-hydrogen) atoms. The molecule has 0 aromatic heterocycles. The molecular formula is C28H44N2O5. The van der Waals surface area contributed by atoms with Crippen LogP contribution in [0.15, 0.2) is 30.3 Å². The van der Waals surface area contributed by atoms with Crippen molar-refractivity contribution in [1.29, 1.82) is 0 Å². The highest BCUT2D eigenvalue weighted by molar-refractivity contribution is 5.98.